The molecule has 1 N–H and O–H groups in total. The molecule has 0 unspecified atom stereocenters. The normalized spacial score (nSPS) is 12.2. The Morgan fingerprint density at radius 3 is 2.37 bits per heavy atom. The van der Waals surface area contributed by atoms with Crippen LogP contribution in [0.1, 0.15) is 19.4 Å². The van der Waals surface area contributed by atoms with Crippen molar-refractivity contribution in [3.63, 3.8) is 0 Å². The molecule has 2 rings (SSSR count). The molecular weight excluding hydrogens is 348 g/mol. The minimum atomic E-state index is -0.691. The van der Waals surface area contributed by atoms with Gasteiger partial charge in [-0.2, -0.15) is 5.10 Å². The predicted octanol–water partition coefficient (Wildman–Crippen LogP) is 4.95. The molecule has 0 heterocycles. The van der Waals surface area contributed by atoms with Crippen LogP contribution in [0.3, 0.4) is 0 Å². The van der Waals surface area contributed by atoms with Crippen LogP contribution in [0, 0.1) is 20.2 Å². The number of nitrogens with one attached hydrogen (secondary N) is 1. The molecule has 0 aliphatic heterocycles. The molecule has 8 heteroatoms. The molecule has 0 bridgehead atoms. The second-order valence-electron chi connectivity index (χ2n) is 5.71. The van der Waals surface area contributed by atoms with Gasteiger partial charge in [-0.25, -0.2) is 0 Å². The Morgan fingerprint density at radius 2 is 1.74 bits per heavy atom. The molecule has 0 radical (unpaired) electrons. The summed E-state index contributed by atoms with van der Waals surface area (Å²) >= 11 is 0. The fourth-order valence-corrected chi connectivity index (χ4v) is 2.23. The number of benzene rings is 2. The van der Waals surface area contributed by atoms with Crippen molar-refractivity contribution in [2.24, 2.45) is 5.10 Å². The minimum absolute atomic E-state index is 0.0795. The van der Waals surface area contributed by atoms with Gasteiger partial charge in [0.2, 0.25) is 0 Å². The van der Waals surface area contributed by atoms with E-state index in [1.807, 2.05) is 55.5 Å². The fourth-order valence-electron chi connectivity index (χ4n) is 2.23. The topological polar surface area (TPSA) is 111 Å². The molecule has 0 saturated carbocycles. The minimum Gasteiger partial charge on any atom is -0.271 e. The van der Waals surface area contributed by atoms with Crippen LogP contribution in [0.4, 0.5) is 17.1 Å². The number of nitrogens with zero attached hydrogens (tertiary/aromatic N) is 3. The Bertz CT molecular complexity index is 934. The van der Waals surface area contributed by atoms with Crippen molar-refractivity contribution >= 4 is 28.8 Å². The maximum atomic E-state index is 11.1. The Morgan fingerprint density at radius 1 is 1.04 bits per heavy atom. The second-order valence-corrected chi connectivity index (χ2v) is 5.71. The predicted molar refractivity (Wildman–Crippen MR) is 106 cm³/mol. The Kier molecular flexibility index (Phi) is 6.54. The zero-order chi connectivity index (χ0) is 19.8. The zero-order valence-corrected chi connectivity index (χ0v) is 14.8. The van der Waals surface area contributed by atoms with E-state index in [-0.39, 0.29) is 11.4 Å². The third-order valence-electron chi connectivity index (χ3n) is 3.52. The lowest BCUT2D eigenvalue weighted by Gasteiger charge is -2.03. The lowest BCUT2D eigenvalue weighted by molar-refractivity contribution is -0.393. The van der Waals surface area contributed by atoms with Crippen LogP contribution < -0.4 is 5.43 Å². The smallest absolute Gasteiger partial charge is 0.271 e. The van der Waals surface area contributed by atoms with E-state index in [1.54, 1.807) is 6.92 Å². The first-order valence-corrected chi connectivity index (χ1v) is 8.01. The van der Waals surface area contributed by atoms with Crippen molar-refractivity contribution in [3.8, 4) is 0 Å². The monoisotopic (exact) mass is 366 g/mol. The molecule has 0 atom stereocenters. The van der Waals surface area contributed by atoms with E-state index >= 15 is 0 Å². The summed E-state index contributed by atoms with van der Waals surface area (Å²) < 4.78 is 0. The maximum Gasteiger partial charge on any atom is 0.301 e. The van der Waals surface area contributed by atoms with Gasteiger partial charge < -0.3 is 0 Å². The number of rotatable bonds is 7. The number of nitro benzene ring substituents is 2. The average molecular weight is 366 g/mol. The van der Waals surface area contributed by atoms with Crippen LogP contribution in [0.25, 0.3) is 6.08 Å². The number of allylic oxidation sites excluding steroid dienone is 3. The third kappa shape index (κ3) is 5.89. The van der Waals surface area contributed by atoms with E-state index in [0.29, 0.717) is 5.71 Å². The van der Waals surface area contributed by atoms with Crippen molar-refractivity contribution in [2.45, 2.75) is 13.8 Å². The van der Waals surface area contributed by atoms with Gasteiger partial charge in [-0.05, 0) is 37.1 Å². The van der Waals surface area contributed by atoms with Crippen LogP contribution >= 0.6 is 0 Å². The molecule has 0 aliphatic carbocycles. The van der Waals surface area contributed by atoms with Gasteiger partial charge in [0.15, 0.2) is 0 Å². The summed E-state index contributed by atoms with van der Waals surface area (Å²) in [6.45, 7) is 3.65. The van der Waals surface area contributed by atoms with E-state index in [1.165, 1.54) is 12.1 Å². The molecule has 0 aromatic heterocycles. The van der Waals surface area contributed by atoms with Crippen molar-refractivity contribution in [1.29, 1.82) is 0 Å². The molecule has 27 heavy (non-hydrogen) atoms. The van der Waals surface area contributed by atoms with E-state index < -0.39 is 15.5 Å². The highest BCUT2D eigenvalue weighted by Gasteiger charge is 2.19. The van der Waals surface area contributed by atoms with Crippen LogP contribution in [0.2, 0.25) is 0 Å². The van der Waals surface area contributed by atoms with Crippen LogP contribution in [0.15, 0.2) is 71.4 Å². The van der Waals surface area contributed by atoms with Crippen molar-refractivity contribution in [2.75, 3.05) is 5.43 Å². The number of hydrazone groups is 1. The summed E-state index contributed by atoms with van der Waals surface area (Å²) in [5.41, 5.74) is 4.52. The SMILES string of the molecule is CC(=C/C(C)=N/Nc1ccc([N+](=O)[O-])cc1[N+](=O)[O-])/C=C/c1ccccc1. The summed E-state index contributed by atoms with van der Waals surface area (Å²) in [5, 5.41) is 26.0. The van der Waals surface area contributed by atoms with Gasteiger partial charge in [0.25, 0.3) is 5.69 Å². The van der Waals surface area contributed by atoms with Crippen molar-refractivity contribution < 1.29 is 9.85 Å². The van der Waals surface area contributed by atoms with Gasteiger partial charge >= 0.3 is 5.69 Å². The van der Waals surface area contributed by atoms with E-state index in [9.17, 15) is 20.2 Å². The number of anilines is 1. The number of non-ortho nitro benzene ring substituents is 1. The average Bonchev–Trinajstić information content (AvgIpc) is 2.65. The Balaban J connectivity index is 2.13. The van der Waals surface area contributed by atoms with Gasteiger partial charge in [0.1, 0.15) is 5.69 Å². The first-order valence-electron chi connectivity index (χ1n) is 8.01. The first-order chi connectivity index (χ1) is 12.9. The van der Waals surface area contributed by atoms with E-state index in [2.05, 4.69) is 10.5 Å². The van der Waals surface area contributed by atoms with Crippen molar-refractivity contribution in [3.05, 3.63) is 92.0 Å². The maximum absolute atomic E-state index is 11.1. The summed E-state index contributed by atoms with van der Waals surface area (Å²) in [4.78, 5) is 20.5. The standard InChI is InChI=1S/C19H18N4O4/c1-14(8-9-16-6-4-3-5-7-16)12-15(2)20-21-18-11-10-17(22(24)25)13-19(18)23(26)27/h3-13,21H,1-2H3/b9-8+,14-12-,20-15+. The highest BCUT2D eigenvalue weighted by atomic mass is 16.6. The third-order valence-corrected chi connectivity index (χ3v) is 3.52. The molecular formula is C19H18N4O4. The fraction of sp³-hybridized carbons (Fsp3) is 0.105. The number of hydrogen-bond donors (Lipinski definition) is 1. The molecule has 2 aromatic carbocycles. The molecule has 0 saturated heterocycles. The summed E-state index contributed by atoms with van der Waals surface area (Å²) in [7, 11) is 0. The van der Waals surface area contributed by atoms with Crippen molar-refractivity contribution in [1.82, 2.24) is 0 Å². The van der Waals surface area contributed by atoms with Crippen LogP contribution in [-0.2, 0) is 0 Å². The summed E-state index contributed by atoms with van der Waals surface area (Å²) in [6.07, 6.45) is 5.71. The summed E-state index contributed by atoms with van der Waals surface area (Å²) in [5.74, 6) is 0. The highest BCUT2D eigenvalue weighted by molar-refractivity contribution is 5.94. The van der Waals surface area contributed by atoms with Gasteiger partial charge in [-0.15, -0.1) is 0 Å². The molecule has 2 aromatic rings. The Hall–Kier alpha value is -3.81. The second kappa shape index (κ2) is 9.04. The number of hydrogen-bond acceptors (Lipinski definition) is 6. The van der Waals surface area contributed by atoms with Gasteiger partial charge in [-0.1, -0.05) is 42.5 Å². The van der Waals surface area contributed by atoms with Crippen LogP contribution in [0.5, 0.6) is 0 Å². The molecule has 0 aliphatic rings. The molecule has 8 nitrogen and oxygen atoms in total. The van der Waals surface area contributed by atoms with E-state index in [4.69, 9.17) is 0 Å². The quantitative estimate of drug-likeness (QED) is 0.322. The summed E-state index contributed by atoms with van der Waals surface area (Å²) in [6, 6.07) is 13.2. The Labute approximate surface area is 155 Å². The number of nitro groups is 2. The van der Waals surface area contributed by atoms with E-state index in [0.717, 1.165) is 17.2 Å². The zero-order valence-electron chi connectivity index (χ0n) is 14.8. The molecule has 0 amide bonds. The van der Waals surface area contributed by atoms with Gasteiger partial charge in [0.05, 0.1) is 21.6 Å². The van der Waals surface area contributed by atoms with Gasteiger partial charge in [0, 0.05) is 6.07 Å². The first kappa shape index (κ1) is 19.5. The molecule has 0 spiro atoms. The van der Waals surface area contributed by atoms with Gasteiger partial charge in [-0.3, -0.25) is 25.7 Å². The lowest BCUT2D eigenvalue weighted by atomic mass is 10.1. The molecule has 0 fully saturated rings. The molecule has 138 valence electrons. The lowest BCUT2D eigenvalue weighted by Crippen LogP contribution is -2.00. The highest BCUT2D eigenvalue weighted by Crippen LogP contribution is 2.28. The van der Waals surface area contributed by atoms with Crippen LogP contribution in [-0.4, -0.2) is 15.6 Å². The largest absolute Gasteiger partial charge is 0.301 e.